The van der Waals surface area contributed by atoms with Crippen LogP contribution in [0.25, 0.3) is 0 Å². The predicted molar refractivity (Wildman–Crippen MR) is 206 cm³/mol. The molecule has 0 aromatic heterocycles. The van der Waals surface area contributed by atoms with Crippen LogP contribution in [0.3, 0.4) is 0 Å². The molecule has 0 amide bonds. The fourth-order valence-corrected chi connectivity index (χ4v) is 8.14. The molecule has 312 valence electrons. The standard InChI is InChI=1S/C26H44O7.C8H19NO2.C7H14O2/c1-10-20-26(8,29)23-18(5)21(27)16(3)11-25(7,32-14-15(2)13-31-23)12-17(4)22(30-9)19(6)24(28)33-20;1-5-8(9(3)4)6-7(2)11-10;1-5-3-4-9-6(2)7(5)8/h16-20,22-23,29H,2,10-14H2,1,3-9H3;7-8,10H,5-6H2,1-4H3;5-8H,3-4H2,1-2H3/t16-,17?,18+,19?,20?,22?,23-,25-,26?;;5?,6?,7-/m1.1/s1. The summed E-state index contributed by atoms with van der Waals surface area (Å²) in [5.41, 5.74) is -1.49. The van der Waals surface area contributed by atoms with Gasteiger partial charge in [-0.2, -0.15) is 0 Å². The third-order valence-corrected chi connectivity index (χ3v) is 11.5. The minimum atomic E-state index is -1.59. The van der Waals surface area contributed by atoms with E-state index in [9.17, 15) is 19.8 Å². The van der Waals surface area contributed by atoms with E-state index in [0.717, 1.165) is 31.4 Å². The second kappa shape index (κ2) is 22.9. The zero-order valence-corrected chi connectivity index (χ0v) is 35.6. The average Bonchev–Trinajstić information content (AvgIpc) is 3.11. The molecule has 0 spiro atoms. The molecule has 14 atom stereocenters. The van der Waals surface area contributed by atoms with E-state index in [4.69, 9.17) is 28.9 Å². The lowest BCUT2D eigenvalue weighted by atomic mass is 9.75. The van der Waals surface area contributed by atoms with Gasteiger partial charge in [-0.25, -0.2) is 4.89 Å². The molecule has 3 aliphatic rings. The smallest absolute Gasteiger partial charge is 0.311 e. The number of hydrogen-bond donors (Lipinski definition) is 3. The van der Waals surface area contributed by atoms with Crippen LogP contribution in [0, 0.1) is 29.6 Å². The second-order valence-electron chi connectivity index (χ2n) is 16.8. The van der Waals surface area contributed by atoms with Crippen LogP contribution < -0.4 is 0 Å². The van der Waals surface area contributed by atoms with E-state index in [1.807, 2.05) is 55.6 Å². The lowest BCUT2D eigenvalue weighted by molar-refractivity contribution is -0.276. The molecule has 9 unspecified atom stereocenters. The summed E-state index contributed by atoms with van der Waals surface area (Å²) in [5, 5.41) is 29.3. The Morgan fingerprint density at radius 1 is 0.981 bits per heavy atom. The van der Waals surface area contributed by atoms with Crippen molar-refractivity contribution in [3.63, 3.8) is 0 Å². The lowest BCUT2D eigenvalue weighted by Crippen LogP contribution is -2.57. The van der Waals surface area contributed by atoms with Gasteiger partial charge in [0.1, 0.15) is 17.5 Å². The summed E-state index contributed by atoms with van der Waals surface area (Å²) < 4.78 is 29.3. The Morgan fingerprint density at radius 3 is 2.09 bits per heavy atom. The predicted octanol–water partition coefficient (Wildman–Crippen LogP) is 6.10. The fourth-order valence-electron chi connectivity index (χ4n) is 8.14. The number of rotatable bonds is 7. The quantitative estimate of drug-likeness (QED) is 0.119. The number of Topliss-reactive ketones (excluding diaryl/α,β-unsaturated/α-hetero) is 1. The number of esters is 1. The third-order valence-electron chi connectivity index (χ3n) is 11.5. The molecule has 3 fully saturated rings. The summed E-state index contributed by atoms with van der Waals surface area (Å²) in [7, 11) is 5.67. The maximum absolute atomic E-state index is 13.5. The number of nitrogens with zero attached hydrogens (tertiary/aromatic N) is 1. The average molecular weight is 760 g/mol. The van der Waals surface area contributed by atoms with E-state index in [1.165, 1.54) is 0 Å². The first kappa shape index (κ1) is 49.5. The summed E-state index contributed by atoms with van der Waals surface area (Å²) in [6, 6.07) is 0.497. The molecule has 3 N–H and O–H groups in total. The van der Waals surface area contributed by atoms with Crippen LogP contribution in [0.5, 0.6) is 0 Å². The van der Waals surface area contributed by atoms with E-state index in [1.54, 1.807) is 27.9 Å². The number of ether oxygens (including phenoxy) is 5. The van der Waals surface area contributed by atoms with Crippen molar-refractivity contribution in [2.75, 3.05) is 41.0 Å². The monoisotopic (exact) mass is 760 g/mol. The summed E-state index contributed by atoms with van der Waals surface area (Å²) >= 11 is 0. The number of methoxy groups -OCH3 is 1. The van der Waals surface area contributed by atoms with Crippen LogP contribution in [0.1, 0.15) is 115 Å². The number of fused-ring (bicyclic) bond motifs is 5. The number of carbonyl (C=O) groups excluding carboxylic acids is 2. The molecule has 0 aliphatic carbocycles. The number of cyclic esters (lactones) is 1. The minimum Gasteiger partial charge on any atom is -0.459 e. The maximum atomic E-state index is 13.5. The van der Waals surface area contributed by atoms with Crippen molar-refractivity contribution in [2.45, 2.75) is 169 Å². The van der Waals surface area contributed by atoms with Crippen LogP contribution in [0.2, 0.25) is 0 Å². The van der Waals surface area contributed by atoms with Gasteiger partial charge >= 0.3 is 5.97 Å². The zero-order chi connectivity index (χ0) is 40.8. The van der Waals surface area contributed by atoms with Crippen molar-refractivity contribution in [3.8, 4) is 0 Å². The third kappa shape index (κ3) is 14.8. The number of aliphatic hydroxyl groups is 2. The first-order valence-electron chi connectivity index (χ1n) is 19.8. The first-order valence-corrected chi connectivity index (χ1v) is 19.8. The van der Waals surface area contributed by atoms with Gasteiger partial charge in [-0.3, -0.25) is 14.8 Å². The van der Waals surface area contributed by atoms with Gasteiger partial charge < -0.3 is 38.8 Å². The molecule has 0 aromatic rings. The van der Waals surface area contributed by atoms with Crippen molar-refractivity contribution >= 4 is 11.8 Å². The van der Waals surface area contributed by atoms with Crippen molar-refractivity contribution in [1.82, 2.24) is 4.90 Å². The zero-order valence-electron chi connectivity index (χ0n) is 35.6. The minimum absolute atomic E-state index is 0.00911. The largest absolute Gasteiger partial charge is 0.459 e. The summed E-state index contributed by atoms with van der Waals surface area (Å²) in [6.07, 6.45) is 2.02. The highest BCUT2D eigenvalue weighted by molar-refractivity contribution is 5.83. The Balaban J connectivity index is 0.000000568. The molecule has 3 aliphatic heterocycles. The van der Waals surface area contributed by atoms with Gasteiger partial charge in [0.15, 0.2) is 0 Å². The molecule has 0 aromatic carbocycles. The summed E-state index contributed by atoms with van der Waals surface area (Å²) in [6.45, 7) is 26.2. The molecule has 53 heavy (non-hydrogen) atoms. The van der Waals surface area contributed by atoms with E-state index in [-0.39, 0.29) is 49.1 Å². The van der Waals surface area contributed by atoms with Crippen molar-refractivity contribution < 1.29 is 53.6 Å². The van der Waals surface area contributed by atoms with Gasteiger partial charge in [0, 0.05) is 31.6 Å². The first-order chi connectivity index (χ1) is 24.6. The van der Waals surface area contributed by atoms with Gasteiger partial charge in [-0.15, -0.1) is 0 Å². The van der Waals surface area contributed by atoms with Crippen molar-refractivity contribution in [3.05, 3.63) is 12.2 Å². The Kier molecular flexibility index (Phi) is 21.4. The van der Waals surface area contributed by atoms with Crippen LogP contribution in [0.15, 0.2) is 12.2 Å². The molecule has 3 rings (SSSR count). The van der Waals surface area contributed by atoms with Gasteiger partial charge in [-0.05, 0) is 105 Å². The summed E-state index contributed by atoms with van der Waals surface area (Å²) in [4.78, 5) is 33.0. The van der Waals surface area contributed by atoms with E-state index in [0.29, 0.717) is 31.2 Å². The molecular formula is C41H77NO11. The maximum Gasteiger partial charge on any atom is 0.311 e. The van der Waals surface area contributed by atoms with Crippen molar-refractivity contribution in [2.24, 2.45) is 29.6 Å². The molecule has 0 saturated carbocycles. The molecule has 12 nitrogen and oxygen atoms in total. The molecule has 3 heterocycles. The van der Waals surface area contributed by atoms with Gasteiger partial charge in [0.25, 0.3) is 0 Å². The van der Waals surface area contributed by atoms with E-state index < -0.39 is 47.3 Å². The van der Waals surface area contributed by atoms with E-state index >= 15 is 0 Å². The van der Waals surface area contributed by atoms with Crippen LogP contribution in [-0.2, 0) is 38.2 Å². The number of ketones is 1. The Morgan fingerprint density at radius 2 is 1.60 bits per heavy atom. The lowest BCUT2D eigenvalue weighted by Gasteiger charge is -2.42. The number of carbonyl (C=O) groups is 2. The highest BCUT2D eigenvalue weighted by Gasteiger charge is 2.49. The highest BCUT2D eigenvalue weighted by atomic mass is 17.1. The SMILES string of the molecule is C=C1CO[C@@H]2[C@@H](C)C(=O)[C@H](C)C[C@](C)(CC(C)C(OC)C(C)C(=O)OC(CC)C2(C)O)OC1.CC1CCOC(C)[C@@H]1O.CCC(CC(C)OO)N(C)C. The van der Waals surface area contributed by atoms with Gasteiger partial charge in [0.2, 0.25) is 0 Å². The molecule has 2 bridgehead atoms. The molecule has 0 radical (unpaired) electrons. The Bertz CT molecular complexity index is 1090. The van der Waals surface area contributed by atoms with Crippen LogP contribution >= 0.6 is 0 Å². The highest BCUT2D eigenvalue weighted by Crippen LogP contribution is 2.38. The van der Waals surface area contributed by atoms with Crippen LogP contribution in [0.4, 0.5) is 0 Å². The van der Waals surface area contributed by atoms with Gasteiger partial charge in [0.05, 0.1) is 55.3 Å². The second-order valence-corrected chi connectivity index (χ2v) is 16.8. The van der Waals surface area contributed by atoms with Crippen molar-refractivity contribution in [1.29, 1.82) is 0 Å². The Hall–Kier alpha value is -1.48. The molecule has 12 heteroatoms. The Labute approximate surface area is 321 Å². The van der Waals surface area contributed by atoms with Crippen LogP contribution in [-0.4, -0.2) is 127 Å². The topological polar surface area (TPSA) is 153 Å². The molecule has 3 saturated heterocycles. The summed E-state index contributed by atoms with van der Waals surface area (Å²) in [5.74, 6) is -1.55. The molecular weight excluding hydrogens is 682 g/mol. The fraction of sp³-hybridized carbons (Fsp3) is 0.902. The number of hydrogen-bond acceptors (Lipinski definition) is 12. The normalized spacial score (nSPS) is 38.8. The van der Waals surface area contributed by atoms with Gasteiger partial charge in [-0.1, -0.05) is 48.1 Å². The van der Waals surface area contributed by atoms with E-state index in [2.05, 4.69) is 30.2 Å². The number of aliphatic hydroxyl groups excluding tert-OH is 1.